The fourth-order valence-electron chi connectivity index (χ4n) is 1.80. The molecule has 2 rings (SSSR count). The highest BCUT2D eigenvalue weighted by atomic mass is 14.6. The van der Waals surface area contributed by atoms with E-state index in [0.717, 1.165) is 19.4 Å². The van der Waals surface area contributed by atoms with Gasteiger partial charge in [0, 0.05) is 6.04 Å². The van der Waals surface area contributed by atoms with Gasteiger partial charge < -0.3 is 11.5 Å². The lowest BCUT2D eigenvalue weighted by molar-refractivity contribution is 0.738. The van der Waals surface area contributed by atoms with Crippen molar-refractivity contribution >= 4 is 0 Å². The lowest BCUT2D eigenvalue weighted by Gasteiger charge is -2.02. The van der Waals surface area contributed by atoms with Crippen LogP contribution in [-0.2, 0) is 12.8 Å². The summed E-state index contributed by atoms with van der Waals surface area (Å²) in [6.45, 7) is 2.76. The van der Waals surface area contributed by atoms with E-state index in [-0.39, 0.29) is 6.04 Å². The molecule has 0 radical (unpaired) electrons. The molecule has 2 heteroatoms. The zero-order chi connectivity index (χ0) is 13.9. The molecule has 102 valence electrons. The molecule has 2 aromatic rings. The third kappa shape index (κ3) is 7.39. The molecule has 0 fully saturated rings. The fourth-order valence-corrected chi connectivity index (χ4v) is 1.80. The second-order valence-electron chi connectivity index (χ2n) is 4.69. The van der Waals surface area contributed by atoms with Gasteiger partial charge in [0.15, 0.2) is 0 Å². The third-order valence-corrected chi connectivity index (χ3v) is 2.68. The van der Waals surface area contributed by atoms with E-state index in [0.29, 0.717) is 0 Å². The minimum atomic E-state index is 0.266. The highest BCUT2D eigenvalue weighted by molar-refractivity contribution is 5.15. The standard InChI is InChI=1S/C9H13N.C8H11N/c1-8(10)7-9-5-3-2-4-6-9;9-7-6-8-4-2-1-3-5-8/h2-6,8H,7,10H2,1H3;1-5H,6-7,9H2. The van der Waals surface area contributed by atoms with Gasteiger partial charge in [-0.2, -0.15) is 0 Å². The van der Waals surface area contributed by atoms with Crippen molar-refractivity contribution in [1.29, 1.82) is 0 Å². The fraction of sp³-hybridized carbons (Fsp3) is 0.294. The van der Waals surface area contributed by atoms with Crippen LogP contribution >= 0.6 is 0 Å². The van der Waals surface area contributed by atoms with Crippen molar-refractivity contribution in [2.75, 3.05) is 6.54 Å². The predicted octanol–water partition coefficient (Wildman–Crippen LogP) is 2.76. The first-order valence-electron chi connectivity index (χ1n) is 6.76. The molecule has 19 heavy (non-hydrogen) atoms. The Hall–Kier alpha value is -1.64. The second kappa shape index (κ2) is 9.31. The first-order valence-corrected chi connectivity index (χ1v) is 6.76. The van der Waals surface area contributed by atoms with Crippen molar-refractivity contribution in [3.63, 3.8) is 0 Å². The molecule has 0 spiro atoms. The van der Waals surface area contributed by atoms with E-state index >= 15 is 0 Å². The molecule has 1 atom stereocenters. The smallest absolute Gasteiger partial charge is 0.00509 e. The maximum atomic E-state index is 5.62. The Bertz CT molecular complexity index is 424. The normalized spacial score (nSPS) is 11.3. The summed E-state index contributed by atoms with van der Waals surface area (Å²) in [5.74, 6) is 0. The summed E-state index contributed by atoms with van der Waals surface area (Å²) in [5, 5.41) is 0. The lowest BCUT2D eigenvalue weighted by Crippen LogP contribution is -2.17. The molecule has 1 unspecified atom stereocenters. The summed E-state index contributed by atoms with van der Waals surface area (Å²) >= 11 is 0. The quantitative estimate of drug-likeness (QED) is 0.883. The van der Waals surface area contributed by atoms with Crippen LogP contribution in [0.4, 0.5) is 0 Å². The van der Waals surface area contributed by atoms with Gasteiger partial charge in [-0.15, -0.1) is 0 Å². The summed E-state index contributed by atoms with van der Waals surface area (Å²) in [6, 6.07) is 20.8. The number of nitrogens with two attached hydrogens (primary N) is 2. The lowest BCUT2D eigenvalue weighted by atomic mass is 10.1. The summed E-state index contributed by atoms with van der Waals surface area (Å²) in [6.07, 6.45) is 1.96. The van der Waals surface area contributed by atoms with Crippen LogP contribution in [0.1, 0.15) is 18.1 Å². The van der Waals surface area contributed by atoms with Gasteiger partial charge in [0.25, 0.3) is 0 Å². The average molecular weight is 256 g/mol. The average Bonchev–Trinajstić information content (AvgIpc) is 2.41. The van der Waals surface area contributed by atoms with Crippen LogP contribution in [0.15, 0.2) is 60.7 Å². The molecule has 0 aliphatic heterocycles. The first kappa shape index (κ1) is 15.4. The highest BCUT2D eigenvalue weighted by Crippen LogP contribution is 2.00. The Kier molecular flexibility index (Phi) is 7.56. The topological polar surface area (TPSA) is 52.0 Å². The molecule has 0 aromatic heterocycles. The van der Waals surface area contributed by atoms with Crippen LogP contribution in [0, 0.1) is 0 Å². The van der Waals surface area contributed by atoms with E-state index in [4.69, 9.17) is 11.5 Å². The van der Waals surface area contributed by atoms with Gasteiger partial charge in [-0.05, 0) is 37.4 Å². The number of hydrogen-bond donors (Lipinski definition) is 2. The highest BCUT2D eigenvalue weighted by Gasteiger charge is 1.94. The van der Waals surface area contributed by atoms with E-state index in [1.807, 2.05) is 43.3 Å². The van der Waals surface area contributed by atoms with Crippen LogP contribution in [0.3, 0.4) is 0 Å². The Labute approximate surface area is 116 Å². The maximum Gasteiger partial charge on any atom is 0.00509 e. The van der Waals surface area contributed by atoms with E-state index in [1.165, 1.54) is 11.1 Å². The van der Waals surface area contributed by atoms with Crippen LogP contribution in [0.25, 0.3) is 0 Å². The Morgan fingerprint density at radius 3 is 1.74 bits per heavy atom. The molecule has 4 N–H and O–H groups in total. The van der Waals surface area contributed by atoms with E-state index in [9.17, 15) is 0 Å². The van der Waals surface area contributed by atoms with Crippen molar-refractivity contribution in [2.24, 2.45) is 11.5 Å². The largest absolute Gasteiger partial charge is 0.330 e. The minimum absolute atomic E-state index is 0.266. The minimum Gasteiger partial charge on any atom is -0.330 e. The molecular weight excluding hydrogens is 232 g/mol. The van der Waals surface area contributed by atoms with E-state index < -0.39 is 0 Å². The molecule has 0 amide bonds. The molecular formula is C17H24N2. The van der Waals surface area contributed by atoms with Gasteiger partial charge >= 0.3 is 0 Å². The molecule has 0 heterocycles. The summed E-state index contributed by atoms with van der Waals surface area (Å²) in [5.41, 5.74) is 13.6. The second-order valence-corrected chi connectivity index (χ2v) is 4.69. The van der Waals surface area contributed by atoms with Gasteiger partial charge in [-0.25, -0.2) is 0 Å². The number of hydrogen-bond acceptors (Lipinski definition) is 2. The van der Waals surface area contributed by atoms with Gasteiger partial charge in [0.2, 0.25) is 0 Å². The molecule has 2 aromatic carbocycles. The van der Waals surface area contributed by atoms with E-state index in [2.05, 4.69) is 24.3 Å². The summed E-state index contributed by atoms with van der Waals surface area (Å²) in [4.78, 5) is 0. The molecule has 0 bridgehead atoms. The maximum absolute atomic E-state index is 5.62. The number of rotatable bonds is 4. The van der Waals surface area contributed by atoms with Crippen molar-refractivity contribution in [1.82, 2.24) is 0 Å². The van der Waals surface area contributed by atoms with Gasteiger partial charge in [-0.1, -0.05) is 60.7 Å². The molecule has 0 aliphatic carbocycles. The third-order valence-electron chi connectivity index (χ3n) is 2.68. The summed E-state index contributed by atoms with van der Waals surface area (Å²) < 4.78 is 0. The monoisotopic (exact) mass is 256 g/mol. The molecule has 2 nitrogen and oxygen atoms in total. The predicted molar refractivity (Wildman–Crippen MR) is 83.0 cm³/mol. The van der Waals surface area contributed by atoms with Crippen LogP contribution in [-0.4, -0.2) is 12.6 Å². The summed E-state index contributed by atoms with van der Waals surface area (Å²) in [7, 11) is 0. The van der Waals surface area contributed by atoms with Crippen molar-refractivity contribution < 1.29 is 0 Å². The van der Waals surface area contributed by atoms with Crippen LogP contribution < -0.4 is 11.5 Å². The van der Waals surface area contributed by atoms with Crippen molar-refractivity contribution in [3.05, 3.63) is 71.8 Å². The van der Waals surface area contributed by atoms with E-state index in [1.54, 1.807) is 0 Å². The molecule has 0 saturated carbocycles. The first-order chi connectivity index (χ1) is 9.22. The molecule has 0 saturated heterocycles. The Morgan fingerprint density at radius 1 is 0.842 bits per heavy atom. The van der Waals surface area contributed by atoms with Crippen LogP contribution in [0.5, 0.6) is 0 Å². The zero-order valence-corrected chi connectivity index (χ0v) is 11.6. The Balaban J connectivity index is 0.000000191. The number of benzene rings is 2. The van der Waals surface area contributed by atoms with Crippen LogP contribution in [0.2, 0.25) is 0 Å². The van der Waals surface area contributed by atoms with Gasteiger partial charge in [0.05, 0.1) is 0 Å². The Morgan fingerprint density at radius 2 is 1.32 bits per heavy atom. The van der Waals surface area contributed by atoms with Crippen molar-refractivity contribution in [3.8, 4) is 0 Å². The van der Waals surface area contributed by atoms with Gasteiger partial charge in [0.1, 0.15) is 0 Å². The SMILES string of the molecule is CC(N)Cc1ccccc1.NCCc1ccccc1. The van der Waals surface area contributed by atoms with Gasteiger partial charge in [-0.3, -0.25) is 0 Å². The zero-order valence-electron chi connectivity index (χ0n) is 11.6. The van der Waals surface area contributed by atoms with Crippen molar-refractivity contribution in [2.45, 2.75) is 25.8 Å². The molecule has 0 aliphatic rings.